The van der Waals surface area contributed by atoms with Crippen molar-refractivity contribution in [1.29, 1.82) is 0 Å². The van der Waals surface area contributed by atoms with Gasteiger partial charge in [-0.2, -0.15) is 18.3 Å². The lowest BCUT2D eigenvalue weighted by Crippen LogP contribution is -2.39. The third-order valence-electron chi connectivity index (χ3n) is 4.96. The van der Waals surface area contributed by atoms with E-state index in [1.165, 1.54) is 12.1 Å². The van der Waals surface area contributed by atoms with Crippen molar-refractivity contribution in [2.45, 2.75) is 31.5 Å². The van der Waals surface area contributed by atoms with Crippen LogP contribution in [0.4, 0.5) is 13.2 Å². The molecule has 1 aliphatic rings. The van der Waals surface area contributed by atoms with Crippen LogP contribution in [0.2, 0.25) is 0 Å². The SMILES string of the molecule is O=C(c1ccc(C(F)(F)F)cc1)N1CCCCC1c1nc(-c2cccnc2)n[nH]1. The lowest BCUT2D eigenvalue weighted by Gasteiger charge is -2.34. The fourth-order valence-electron chi connectivity index (χ4n) is 3.47. The molecule has 1 saturated heterocycles. The third-order valence-corrected chi connectivity index (χ3v) is 4.96. The molecule has 6 nitrogen and oxygen atoms in total. The van der Waals surface area contributed by atoms with Crippen LogP contribution >= 0.6 is 0 Å². The van der Waals surface area contributed by atoms with Crippen molar-refractivity contribution < 1.29 is 18.0 Å². The second-order valence-electron chi connectivity index (χ2n) is 6.87. The Labute approximate surface area is 164 Å². The average Bonchev–Trinajstić information content (AvgIpc) is 3.23. The number of benzene rings is 1. The second kappa shape index (κ2) is 7.65. The zero-order valence-corrected chi connectivity index (χ0v) is 15.4. The molecule has 4 rings (SSSR count). The molecule has 9 heteroatoms. The molecule has 3 heterocycles. The highest BCUT2D eigenvalue weighted by molar-refractivity contribution is 5.94. The van der Waals surface area contributed by atoms with Gasteiger partial charge in [-0.05, 0) is 55.7 Å². The van der Waals surface area contributed by atoms with E-state index in [-0.39, 0.29) is 17.5 Å². The molecule has 150 valence electrons. The fourth-order valence-corrected chi connectivity index (χ4v) is 3.47. The quantitative estimate of drug-likeness (QED) is 0.712. The summed E-state index contributed by atoms with van der Waals surface area (Å²) in [5.74, 6) is 0.729. The third kappa shape index (κ3) is 3.98. The molecule has 1 aliphatic heterocycles. The maximum Gasteiger partial charge on any atom is 0.416 e. The van der Waals surface area contributed by atoms with Crippen molar-refractivity contribution >= 4 is 5.91 Å². The summed E-state index contributed by atoms with van der Waals surface area (Å²) in [6.07, 6.45) is 1.32. The molecule has 1 aromatic carbocycles. The molecule has 1 unspecified atom stereocenters. The number of amides is 1. The highest BCUT2D eigenvalue weighted by atomic mass is 19.4. The normalized spacial score (nSPS) is 17.3. The van der Waals surface area contributed by atoms with Crippen molar-refractivity contribution in [2.24, 2.45) is 0 Å². The topological polar surface area (TPSA) is 74.8 Å². The Balaban J connectivity index is 1.58. The Morgan fingerprint density at radius 1 is 1.14 bits per heavy atom. The summed E-state index contributed by atoms with van der Waals surface area (Å²) in [5.41, 5.74) is 0.198. The van der Waals surface area contributed by atoms with E-state index in [4.69, 9.17) is 0 Å². The number of piperidine rings is 1. The number of likely N-dealkylation sites (tertiary alicyclic amines) is 1. The first-order chi connectivity index (χ1) is 13.9. The van der Waals surface area contributed by atoms with E-state index in [9.17, 15) is 18.0 Å². The van der Waals surface area contributed by atoms with E-state index < -0.39 is 11.7 Å². The molecule has 0 radical (unpaired) electrons. The highest BCUT2D eigenvalue weighted by Gasteiger charge is 2.33. The Kier molecular flexibility index (Phi) is 5.04. The van der Waals surface area contributed by atoms with E-state index in [1.807, 2.05) is 6.07 Å². The first kappa shape index (κ1) is 19.1. The predicted octanol–water partition coefficient (Wildman–Crippen LogP) is 4.25. The van der Waals surface area contributed by atoms with E-state index in [2.05, 4.69) is 20.2 Å². The molecular formula is C20H18F3N5O. The van der Waals surface area contributed by atoms with E-state index in [0.717, 1.165) is 30.5 Å². The van der Waals surface area contributed by atoms with Gasteiger partial charge in [0, 0.05) is 30.1 Å². The minimum atomic E-state index is -4.43. The summed E-state index contributed by atoms with van der Waals surface area (Å²) in [6, 6.07) is 7.62. The molecule has 0 saturated carbocycles. The first-order valence-corrected chi connectivity index (χ1v) is 9.24. The van der Waals surface area contributed by atoms with Crippen LogP contribution in [0.15, 0.2) is 48.8 Å². The summed E-state index contributed by atoms with van der Waals surface area (Å²) < 4.78 is 38.3. The van der Waals surface area contributed by atoms with Gasteiger partial charge in [-0.25, -0.2) is 4.98 Å². The van der Waals surface area contributed by atoms with Crippen molar-refractivity contribution in [3.63, 3.8) is 0 Å². The van der Waals surface area contributed by atoms with E-state index >= 15 is 0 Å². The van der Waals surface area contributed by atoms with Gasteiger partial charge in [0.25, 0.3) is 5.91 Å². The summed E-state index contributed by atoms with van der Waals surface area (Å²) in [7, 11) is 0. The number of aromatic amines is 1. The molecule has 1 N–H and O–H groups in total. The van der Waals surface area contributed by atoms with Crippen molar-refractivity contribution in [1.82, 2.24) is 25.1 Å². The van der Waals surface area contributed by atoms with Gasteiger partial charge in [-0.3, -0.25) is 14.9 Å². The molecule has 1 amide bonds. The van der Waals surface area contributed by atoms with Gasteiger partial charge in [0.05, 0.1) is 11.6 Å². The van der Waals surface area contributed by atoms with Gasteiger partial charge in [0.15, 0.2) is 5.82 Å². The maximum atomic E-state index is 13.0. The summed E-state index contributed by atoms with van der Waals surface area (Å²) in [6.45, 7) is 0.507. The number of hydrogen-bond donors (Lipinski definition) is 1. The molecule has 1 fully saturated rings. The Bertz CT molecular complexity index is 985. The number of carbonyl (C=O) groups is 1. The Hall–Kier alpha value is -3.23. The predicted molar refractivity (Wildman–Crippen MR) is 98.7 cm³/mol. The number of rotatable bonds is 3. The first-order valence-electron chi connectivity index (χ1n) is 9.24. The Morgan fingerprint density at radius 3 is 2.62 bits per heavy atom. The minimum Gasteiger partial charge on any atom is -0.328 e. The van der Waals surface area contributed by atoms with Crippen LogP contribution in [0, 0.1) is 0 Å². The van der Waals surface area contributed by atoms with Crippen LogP contribution in [0.5, 0.6) is 0 Å². The zero-order chi connectivity index (χ0) is 20.4. The van der Waals surface area contributed by atoms with Gasteiger partial charge in [0.1, 0.15) is 5.82 Å². The fraction of sp³-hybridized carbons (Fsp3) is 0.300. The maximum absolute atomic E-state index is 13.0. The molecule has 0 aliphatic carbocycles. The molecular weight excluding hydrogens is 383 g/mol. The largest absolute Gasteiger partial charge is 0.416 e. The molecule has 2 aromatic heterocycles. The van der Waals surface area contributed by atoms with Gasteiger partial charge in [-0.1, -0.05) is 0 Å². The number of halogens is 3. The summed E-state index contributed by atoms with van der Waals surface area (Å²) in [5, 5.41) is 7.14. The second-order valence-corrected chi connectivity index (χ2v) is 6.87. The molecule has 29 heavy (non-hydrogen) atoms. The number of hydrogen-bond acceptors (Lipinski definition) is 4. The van der Waals surface area contributed by atoms with Crippen molar-refractivity contribution in [2.75, 3.05) is 6.54 Å². The number of aromatic nitrogens is 4. The number of alkyl halides is 3. The van der Waals surface area contributed by atoms with Crippen LogP contribution in [-0.4, -0.2) is 37.5 Å². The molecule has 3 aromatic rings. The monoisotopic (exact) mass is 401 g/mol. The summed E-state index contributed by atoms with van der Waals surface area (Å²) >= 11 is 0. The number of nitrogens with zero attached hydrogens (tertiary/aromatic N) is 4. The number of nitrogens with one attached hydrogen (secondary N) is 1. The number of pyridine rings is 1. The average molecular weight is 401 g/mol. The van der Waals surface area contributed by atoms with Crippen LogP contribution in [-0.2, 0) is 6.18 Å². The van der Waals surface area contributed by atoms with Gasteiger partial charge >= 0.3 is 6.18 Å². The van der Waals surface area contributed by atoms with Crippen LogP contribution in [0.3, 0.4) is 0 Å². The highest BCUT2D eigenvalue weighted by Crippen LogP contribution is 2.32. The van der Waals surface area contributed by atoms with E-state index in [1.54, 1.807) is 23.4 Å². The summed E-state index contributed by atoms with van der Waals surface area (Å²) in [4.78, 5) is 23.2. The molecule has 0 bridgehead atoms. The standard InChI is InChI=1S/C20H18F3N5O/c21-20(22,23)15-8-6-13(7-9-15)19(29)28-11-2-1-5-16(28)18-25-17(26-27-18)14-4-3-10-24-12-14/h3-4,6-10,12,16H,1-2,5,11H2,(H,25,26,27). The molecule has 1 atom stereocenters. The minimum absolute atomic E-state index is 0.219. The zero-order valence-electron chi connectivity index (χ0n) is 15.4. The Morgan fingerprint density at radius 2 is 1.93 bits per heavy atom. The van der Waals surface area contributed by atoms with Crippen LogP contribution in [0.25, 0.3) is 11.4 Å². The van der Waals surface area contributed by atoms with E-state index in [0.29, 0.717) is 24.6 Å². The lowest BCUT2D eigenvalue weighted by molar-refractivity contribution is -0.137. The number of carbonyl (C=O) groups excluding carboxylic acids is 1. The number of H-pyrrole nitrogens is 1. The van der Waals surface area contributed by atoms with Crippen molar-refractivity contribution in [3.05, 3.63) is 65.7 Å². The molecule has 0 spiro atoms. The van der Waals surface area contributed by atoms with Gasteiger partial charge < -0.3 is 4.90 Å². The van der Waals surface area contributed by atoms with Crippen LogP contribution < -0.4 is 0 Å². The van der Waals surface area contributed by atoms with Gasteiger partial charge in [0.2, 0.25) is 0 Å². The smallest absolute Gasteiger partial charge is 0.328 e. The lowest BCUT2D eigenvalue weighted by atomic mass is 10.00. The van der Waals surface area contributed by atoms with Gasteiger partial charge in [-0.15, -0.1) is 0 Å². The van der Waals surface area contributed by atoms with Crippen molar-refractivity contribution in [3.8, 4) is 11.4 Å². The van der Waals surface area contributed by atoms with Crippen LogP contribution in [0.1, 0.15) is 47.1 Å².